The number of rotatable bonds is 6. The van der Waals surface area contributed by atoms with Gasteiger partial charge < -0.3 is 11.1 Å². The van der Waals surface area contributed by atoms with E-state index in [0.29, 0.717) is 18.8 Å². The van der Waals surface area contributed by atoms with E-state index in [1.165, 1.54) is 5.56 Å². The van der Waals surface area contributed by atoms with Gasteiger partial charge in [-0.15, -0.1) is 5.10 Å². The van der Waals surface area contributed by atoms with Crippen LogP contribution in [0.1, 0.15) is 23.0 Å². The molecule has 6 nitrogen and oxygen atoms in total. The molecular weight excluding hydrogens is 254 g/mol. The molecule has 0 fully saturated rings. The molecule has 3 N–H and O–H groups in total. The largest absolute Gasteiger partial charge is 0.348 e. The lowest BCUT2D eigenvalue weighted by Gasteiger charge is -2.12. The molecule has 1 amide bonds. The molecular formula is C14H19N5O. The number of nitrogens with two attached hydrogens (primary N) is 1. The van der Waals surface area contributed by atoms with E-state index in [-0.39, 0.29) is 11.9 Å². The molecule has 1 unspecified atom stereocenters. The molecule has 0 aliphatic carbocycles. The van der Waals surface area contributed by atoms with E-state index in [0.717, 1.165) is 6.42 Å². The number of nitrogens with zero attached hydrogens (tertiary/aromatic N) is 3. The average Bonchev–Trinajstić information content (AvgIpc) is 2.89. The summed E-state index contributed by atoms with van der Waals surface area (Å²) in [4.78, 5) is 12.0. The lowest BCUT2D eigenvalue weighted by molar-refractivity contribution is 0.0935. The van der Waals surface area contributed by atoms with Crippen molar-refractivity contribution in [3.63, 3.8) is 0 Å². The molecule has 0 aliphatic heterocycles. The molecule has 20 heavy (non-hydrogen) atoms. The van der Waals surface area contributed by atoms with Crippen molar-refractivity contribution in [1.29, 1.82) is 0 Å². The maximum absolute atomic E-state index is 12.0. The summed E-state index contributed by atoms with van der Waals surface area (Å²) in [6.45, 7) is 2.99. The van der Waals surface area contributed by atoms with Gasteiger partial charge in [0.15, 0.2) is 5.69 Å². The van der Waals surface area contributed by atoms with E-state index >= 15 is 0 Å². The van der Waals surface area contributed by atoms with Crippen LogP contribution in [-0.2, 0) is 13.0 Å². The molecule has 0 aliphatic rings. The van der Waals surface area contributed by atoms with Crippen LogP contribution >= 0.6 is 0 Å². The third kappa shape index (κ3) is 3.89. The minimum absolute atomic E-state index is 0.0320. The molecule has 0 radical (unpaired) electrons. The highest BCUT2D eigenvalue weighted by Gasteiger charge is 2.13. The fraction of sp³-hybridized carbons (Fsp3) is 0.357. The molecule has 0 bridgehead atoms. The third-order valence-electron chi connectivity index (χ3n) is 2.89. The maximum Gasteiger partial charge on any atom is 0.273 e. The molecule has 2 rings (SSSR count). The zero-order chi connectivity index (χ0) is 14.4. The van der Waals surface area contributed by atoms with Gasteiger partial charge in [-0.3, -0.25) is 9.48 Å². The molecule has 1 atom stereocenters. The first-order valence-electron chi connectivity index (χ1n) is 6.64. The molecule has 1 aromatic heterocycles. The maximum atomic E-state index is 12.0. The number of hydrogen-bond donors (Lipinski definition) is 2. The first-order valence-corrected chi connectivity index (χ1v) is 6.64. The van der Waals surface area contributed by atoms with Gasteiger partial charge in [-0.1, -0.05) is 35.5 Å². The normalized spacial score (nSPS) is 12.1. The minimum Gasteiger partial charge on any atom is -0.348 e. The molecule has 106 valence electrons. The molecule has 0 saturated carbocycles. The van der Waals surface area contributed by atoms with Crippen LogP contribution in [0.3, 0.4) is 0 Å². The molecule has 1 heterocycles. The molecule has 1 aromatic carbocycles. The molecule has 0 saturated heterocycles. The van der Waals surface area contributed by atoms with E-state index in [4.69, 9.17) is 5.73 Å². The first kappa shape index (κ1) is 14.2. The quantitative estimate of drug-likeness (QED) is 0.807. The predicted molar refractivity (Wildman–Crippen MR) is 76.2 cm³/mol. The molecule has 6 heteroatoms. The topological polar surface area (TPSA) is 85.8 Å². The zero-order valence-corrected chi connectivity index (χ0v) is 11.5. The number of nitrogens with one attached hydrogen (secondary N) is 1. The predicted octanol–water partition coefficient (Wildman–Crippen LogP) is 0.598. The number of carbonyl (C=O) groups excluding carboxylic acids is 1. The lowest BCUT2D eigenvalue weighted by Crippen LogP contribution is -2.34. The van der Waals surface area contributed by atoms with Gasteiger partial charge in [-0.25, -0.2) is 0 Å². The SMILES string of the molecule is CC(Cc1ccccc1)NC(=O)c1cn(CCN)nn1. The molecule has 2 aromatic rings. The summed E-state index contributed by atoms with van der Waals surface area (Å²) >= 11 is 0. The number of benzene rings is 1. The number of amides is 1. The van der Waals surface area contributed by atoms with Gasteiger partial charge in [-0.2, -0.15) is 0 Å². The van der Waals surface area contributed by atoms with Gasteiger partial charge in [0.2, 0.25) is 0 Å². The zero-order valence-electron chi connectivity index (χ0n) is 11.5. The Bertz CT molecular complexity index is 552. The summed E-state index contributed by atoms with van der Waals surface area (Å²) in [6.07, 6.45) is 2.39. The Hall–Kier alpha value is -2.21. The van der Waals surface area contributed by atoms with Gasteiger partial charge in [0.1, 0.15) is 0 Å². The van der Waals surface area contributed by atoms with Gasteiger partial charge >= 0.3 is 0 Å². The van der Waals surface area contributed by atoms with Crippen molar-refractivity contribution < 1.29 is 4.79 Å². The van der Waals surface area contributed by atoms with Crippen molar-refractivity contribution in [2.75, 3.05) is 6.54 Å². The Morgan fingerprint density at radius 3 is 2.85 bits per heavy atom. The van der Waals surface area contributed by atoms with Crippen molar-refractivity contribution in [2.45, 2.75) is 25.9 Å². The van der Waals surface area contributed by atoms with Crippen LogP contribution in [0.25, 0.3) is 0 Å². The average molecular weight is 273 g/mol. The highest BCUT2D eigenvalue weighted by Crippen LogP contribution is 2.03. The monoisotopic (exact) mass is 273 g/mol. The summed E-state index contributed by atoms with van der Waals surface area (Å²) in [6, 6.07) is 10.1. The summed E-state index contributed by atoms with van der Waals surface area (Å²) < 4.78 is 1.57. The Balaban J connectivity index is 1.90. The minimum atomic E-state index is -0.211. The smallest absolute Gasteiger partial charge is 0.273 e. The van der Waals surface area contributed by atoms with Crippen molar-refractivity contribution >= 4 is 5.91 Å². The Labute approximate surface area is 118 Å². The van der Waals surface area contributed by atoms with Crippen LogP contribution in [0.15, 0.2) is 36.5 Å². The third-order valence-corrected chi connectivity index (χ3v) is 2.89. The van der Waals surface area contributed by atoms with Gasteiger partial charge in [0, 0.05) is 12.6 Å². The number of hydrogen-bond acceptors (Lipinski definition) is 4. The summed E-state index contributed by atoms with van der Waals surface area (Å²) in [7, 11) is 0. The van der Waals surface area contributed by atoms with Crippen LogP contribution in [0.5, 0.6) is 0 Å². The summed E-state index contributed by atoms with van der Waals surface area (Å²) in [5.41, 5.74) is 6.93. The van der Waals surface area contributed by atoms with E-state index in [9.17, 15) is 4.79 Å². The second-order valence-electron chi connectivity index (χ2n) is 4.72. The van der Waals surface area contributed by atoms with Crippen molar-refractivity contribution in [3.05, 3.63) is 47.8 Å². The fourth-order valence-corrected chi connectivity index (χ4v) is 1.96. The Morgan fingerprint density at radius 2 is 2.15 bits per heavy atom. The number of carbonyl (C=O) groups is 1. The van der Waals surface area contributed by atoms with Crippen molar-refractivity contribution in [1.82, 2.24) is 20.3 Å². The highest BCUT2D eigenvalue weighted by atomic mass is 16.2. The fourth-order valence-electron chi connectivity index (χ4n) is 1.96. The van der Waals surface area contributed by atoms with Gasteiger partial charge in [-0.05, 0) is 18.9 Å². The standard InChI is InChI=1S/C14H19N5O/c1-11(9-12-5-3-2-4-6-12)16-14(20)13-10-19(8-7-15)18-17-13/h2-6,10-11H,7-9,15H2,1H3,(H,16,20). The Kier molecular flexibility index (Phi) is 4.84. The van der Waals surface area contributed by atoms with Crippen LogP contribution < -0.4 is 11.1 Å². The van der Waals surface area contributed by atoms with Crippen molar-refractivity contribution in [3.8, 4) is 0 Å². The van der Waals surface area contributed by atoms with Crippen molar-refractivity contribution in [2.24, 2.45) is 5.73 Å². The lowest BCUT2D eigenvalue weighted by atomic mass is 10.1. The summed E-state index contributed by atoms with van der Waals surface area (Å²) in [5, 5.41) is 10.6. The van der Waals surface area contributed by atoms with Crippen LogP contribution in [0.4, 0.5) is 0 Å². The van der Waals surface area contributed by atoms with E-state index in [2.05, 4.69) is 15.6 Å². The molecule has 0 spiro atoms. The van der Waals surface area contributed by atoms with Gasteiger partial charge in [0.25, 0.3) is 5.91 Å². The van der Waals surface area contributed by atoms with E-state index < -0.39 is 0 Å². The van der Waals surface area contributed by atoms with E-state index in [1.54, 1.807) is 10.9 Å². The van der Waals surface area contributed by atoms with Crippen LogP contribution in [-0.4, -0.2) is 33.5 Å². The van der Waals surface area contributed by atoms with Gasteiger partial charge in [0.05, 0.1) is 12.7 Å². The second kappa shape index (κ2) is 6.81. The van der Waals surface area contributed by atoms with Crippen LogP contribution in [0.2, 0.25) is 0 Å². The number of aromatic nitrogens is 3. The Morgan fingerprint density at radius 1 is 1.40 bits per heavy atom. The first-order chi connectivity index (χ1) is 9.69. The van der Waals surface area contributed by atoms with Crippen LogP contribution in [0, 0.1) is 0 Å². The van der Waals surface area contributed by atoms with E-state index in [1.807, 2.05) is 37.3 Å². The highest BCUT2D eigenvalue weighted by molar-refractivity contribution is 5.92. The summed E-state index contributed by atoms with van der Waals surface area (Å²) in [5.74, 6) is -0.211. The second-order valence-corrected chi connectivity index (χ2v) is 4.72.